The predicted molar refractivity (Wildman–Crippen MR) is 112 cm³/mol. The molecule has 7 heteroatoms. The molecule has 4 rings (SSSR count). The second-order valence-electron chi connectivity index (χ2n) is 9.55. The molecule has 6 atom stereocenters. The lowest BCUT2D eigenvalue weighted by Crippen LogP contribution is -2.37. The summed E-state index contributed by atoms with van der Waals surface area (Å²) < 4.78 is 27.1. The fourth-order valence-electron chi connectivity index (χ4n) is 4.63. The predicted octanol–water partition coefficient (Wildman–Crippen LogP) is 3.57. The second-order valence-corrected chi connectivity index (χ2v) is 9.55. The minimum absolute atomic E-state index is 0.113. The maximum Gasteiger partial charge on any atom is 0.309 e. The number of carbonyl (C=O) groups is 2. The van der Waals surface area contributed by atoms with Crippen molar-refractivity contribution in [1.82, 2.24) is 0 Å². The van der Waals surface area contributed by atoms with Crippen LogP contribution in [0.15, 0.2) is 0 Å². The molecule has 6 unspecified atom stereocenters. The van der Waals surface area contributed by atoms with Crippen LogP contribution < -0.4 is 0 Å². The minimum atomic E-state index is -0.429. The van der Waals surface area contributed by atoms with Gasteiger partial charge in [0.1, 0.15) is 0 Å². The van der Waals surface area contributed by atoms with Gasteiger partial charge in [-0.15, -0.1) is 0 Å². The summed E-state index contributed by atoms with van der Waals surface area (Å²) in [5.41, 5.74) is 0. The fraction of sp³-hybridized carbons (Fsp3) is 0.917. The molecule has 4 aliphatic rings. The first-order valence-corrected chi connectivity index (χ1v) is 12.4. The Morgan fingerprint density at radius 2 is 1.06 bits per heavy atom. The number of fused-ring (bicyclic) bond motifs is 1. The third kappa shape index (κ3) is 8.03. The number of hydrogen-bond acceptors (Lipinski definition) is 7. The van der Waals surface area contributed by atoms with Crippen LogP contribution in [0.4, 0.5) is 0 Å². The van der Waals surface area contributed by atoms with Crippen molar-refractivity contribution in [2.75, 3.05) is 26.4 Å². The largest absolute Gasteiger partial charge is 0.465 e. The van der Waals surface area contributed by atoms with Gasteiger partial charge in [-0.3, -0.25) is 9.59 Å². The van der Waals surface area contributed by atoms with Gasteiger partial charge in [-0.2, -0.15) is 0 Å². The van der Waals surface area contributed by atoms with E-state index in [-0.39, 0.29) is 24.1 Å². The van der Waals surface area contributed by atoms with E-state index in [9.17, 15) is 9.59 Å². The van der Waals surface area contributed by atoms with Crippen molar-refractivity contribution in [3.63, 3.8) is 0 Å². The molecule has 0 N–H and O–H groups in total. The number of rotatable bonds is 16. The monoisotopic (exact) mass is 438 g/mol. The van der Waals surface area contributed by atoms with Crippen LogP contribution in [0.25, 0.3) is 0 Å². The first kappa shape index (κ1) is 23.0. The van der Waals surface area contributed by atoms with E-state index in [1.807, 2.05) is 0 Å². The summed E-state index contributed by atoms with van der Waals surface area (Å²) >= 11 is 0. The van der Waals surface area contributed by atoms with Crippen LogP contribution in [0.1, 0.15) is 77.0 Å². The summed E-state index contributed by atoms with van der Waals surface area (Å²) in [6, 6.07) is 0. The lowest BCUT2D eigenvalue weighted by atomic mass is 9.79. The van der Waals surface area contributed by atoms with Gasteiger partial charge < -0.3 is 23.7 Å². The Morgan fingerprint density at radius 1 is 0.645 bits per heavy atom. The van der Waals surface area contributed by atoms with Crippen LogP contribution in [-0.2, 0) is 33.3 Å². The first-order chi connectivity index (χ1) is 15.2. The maximum atomic E-state index is 12.7. The molecular weight excluding hydrogens is 400 g/mol. The van der Waals surface area contributed by atoms with Crippen LogP contribution in [0.2, 0.25) is 0 Å². The third-order valence-corrected chi connectivity index (χ3v) is 6.89. The standard InChI is InChI=1S/C24H38O7/c25-23(27-11-7-3-1-5-9-17-15-29-17)19-13-21-22(31-21)14-20(19)24(26)28-12-8-4-2-6-10-18-16-30-18/h17-22H,1-16H2. The van der Waals surface area contributed by atoms with Crippen LogP contribution in [0.3, 0.4) is 0 Å². The van der Waals surface area contributed by atoms with Crippen LogP contribution >= 0.6 is 0 Å². The van der Waals surface area contributed by atoms with Crippen LogP contribution in [0.5, 0.6) is 0 Å². The highest BCUT2D eigenvalue weighted by Crippen LogP contribution is 2.43. The lowest BCUT2D eigenvalue weighted by Gasteiger charge is -2.26. The van der Waals surface area contributed by atoms with E-state index >= 15 is 0 Å². The smallest absolute Gasteiger partial charge is 0.309 e. The molecule has 0 radical (unpaired) electrons. The van der Waals surface area contributed by atoms with E-state index in [1.54, 1.807) is 0 Å². The molecule has 0 aromatic rings. The number of hydrogen-bond donors (Lipinski definition) is 0. The molecule has 0 amide bonds. The molecular formula is C24H38O7. The van der Waals surface area contributed by atoms with Gasteiger partial charge in [0.25, 0.3) is 0 Å². The van der Waals surface area contributed by atoms with Gasteiger partial charge in [-0.05, 0) is 38.5 Å². The van der Waals surface area contributed by atoms with Crippen LogP contribution in [-0.4, -0.2) is 62.8 Å². The van der Waals surface area contributed by atoms with Gasteiger partial charge in [0.15, 0.2) is 0 Å². The Kier molecular flexibility index (Phi) is 8.62. The SMILES string of the molecule is O=C(OCCCCCCC1CO1)C1CC2OC2CC1C(=O)OCCCCCCC1CO1. The normalized spacial score (nSPS) is 32.8. The molecule has 3 saturated heterocycles. The highest BCUT2D eigenvalue weighted by Gasteiger charge is 2.53. The van der Waals surface area contributed by atoms with Crippen molar-refractivity contribution in [1.29, 1.82) is 0 Å². The zero-order chi connectivity index (χ0) is 21.5. The van der Waals surface area contributed by atoms with Gasteiger partial charge >= 0.3 is 11.9 Å². The van der Waals surface area contributed by atoms with E-state index in [4.69, 9.17) is 23.7 Å². The fourth-order valence-corrected chi connectivity index (χ4v) is 4.63. The number of carbonyl (C=O) groups excluding carboxylic acids is 2. The minimum Gasteiger partial charge on any atom is -0.465 e. The summed E-state index contributed by atoms with van der Waals surface area (Å²) in [7, 11) is 0. The maximum absolute atomic E-state index is 12.7. The van der Waals surface area contributed by atoms with Gasteiger partial charge in [-0.25, -0.2) is 0 Å². The number of unbranched alkanes of at least 4 members (excludes halogenated alkanes) is 6. The lowest BCUT2D eigenvalue weighted by molar-refractivity contribution is -0.162. The highest BCUT2D eigenvalue weighted by atomic mass is 16.6. The average molecular weight is 439 g/mol. The topological polar surface area (TPSA) is 90.2 Å². The van der Waals surface area contributed by atoms with Crippen LogP contribution in [0, 0.1) is 11.8 Å². The van der Waals surface area contributed by atoms with Crippen molar-refractivity contribution in [2.45, 2.75) is 101 Å². The van der Waals surface area contributed by atoms with Gasteiger partial charge in [0, 0.05) is 0 Å². The highest BCUT2D eigenvalue weighted by molar-refractivity contribution is 5.82. The van der Waals surface area contributed by atoms with Crippen molar-refractivity contribution < 1.29 is 33.3 Å². The Hall–Kier alpha value is -1.18. The molecule has 0 aromatic carbocycles. The summed E-state index contributed by atoms with van der Waals surface area (Å²) in [6.07, 6.45) is 13.1. The summed E-state index contributed by atoms with van der Waals surface area (Å²) in [4.78, 5) is 25.3. The van der Waals surface area contributed by atoms with Crippen molar-refractivity contribution >= 4 is 11.9 Å². The van der Waals surface area contributed by atoms with E-state index < -0.39 is 11.8 Å². The molecule has 7 nitrogen and oxygen atoms in total. The molecule has 0 spiro atoms. The van der Waals surface area contributed by atoms with Crippen molar-refractivity contribution in [3.8, 4) is 0 Å². The van der Waals surface area contributed by atoms with Crippen molar-refractivity contribution in [3.05, 3.63) is 0 Å². The van der Waals surface area contributed by atoms with Gasteiger partial charge in [0.05, 0.1) is 62.7 Å². The number of esters is 2. The van der Waals surface area contributed by atoms with E-state index in [2.05, 4.69) is 0 Å². The molecule has 1 saturated carbocycles. The molecule has 31 heavy (non-hydrogen) atoms. The quantitative estimate of drug-likeness (QED) is 0.207. The number of epoxide rings is 3. The average Bonchev–Trinajstić information content (AvgIpc) is 3.60. The Balaban J connectivity index is 1.08. The number of ether oxygens (including phenoxy) is 5. The first-order valence-electron chi connectivity index (χ1n) is 12.4. The van der Waals surface area contributed by atoms with E-state index in [0.717, 1.165) is 64.6 Å². The Bertz CT molecular complexity index is 536. The zero-order valence-electron chi connectivity index (χ0n) is 18.6. The molecule has 0 bridgehead atoms. The second kappa shape index (κ2) is 11.6. The summed E-state index contributed by atoms with van der Waals surface area (Å²) in [5.74, 6) is -1.38. The molecule has 0 aromatic heterocycles. The summed E-state index contributed by atoms with van der Waals surface area (Å²) in [5, 5.41) is 0. The third-order valence-electron chi connectivity index (χ3n) is 6.89. The molecule has 4 fully saturated rings. The van der Waals surface area contributed by atoms with Gasteiger partial charge in [0.2, 0.25) is 0 Å². The molecule has 1 aliphatic carbocycles. The molecule has 3 heterocycles. The zero-order valence-corrected chi connectivity index (χ0v) is 18.6. The van der Waals surface area contributed by atoms with E-state index in [1.165, 1.54) is 12.8 Å². The molecule has 3 aliphatic heterocycles. The Morgan fingerprint density at radius 3 is 1.48 bits per heavy atom. The molecule has 176 valence electrons. The van der Waals surface area contributed by atoms with Crippen molar-refractivity contribution in [2.24, 2.45) is 11.8 Å². The summed E-state index contributed by atoms with van der Waals surface area (Å²) in [6.45, 7) is 2.70. The Labute approximate surface area is 185 Å². The van der Waals surface area contributed by atoms with E-state index in [0.29, 0.717) is 38.3 Å². The van der Waals surface area contributed by atoms with Gasteiger partial charge in [-0.1, -0.05) is 38.5 Å².